The molecular formula is C15H15BrN2O3. The lowest BCUT2D eigenvalue weighted by Gasteiger charge is -2.08. The molecule has 6 heteroatoms. The average molecular weight is 351 g/mol. The highest BCUT2D eigenvalue weighted by molar-refractivity contribution is 9.10. The van der Waals surface area contributed by atoms with Crippen molar-refractivity contribution in [2.45, 2.75) is 13.0 Å². The second kappa shape index (κ2) is 7.19. The molecule has 0 bridgehead atoms. The Morgan fingerprint density at radius 2 is 1.90 bits per heavy atom. The first-order valence-electron chi connectivity index (χ1n) is 6.45. The van der Waals surface area contributed by atoms with E-state index in [0.29, 0.717) is 22.3 Å². The van der Waals surface area contributed by atoms with Crippen LogP contribution in [-0.2, 0) is 13.0 Å². The Morgan fingerprint density at radius 3 is 2.52 bits per heavy atom. The number of benzene rings is 2. The van der Waals surface area contributed by atoms with Crippen LogP contribution in [0.25, 0.3) is 0 Å². The van der Waals surface area contributed by atoms with E-state index in [1.54, 1.807) is 12.1 Å². The van der Waals surface area contributed by atoms with Crippen LogP contribution in [0.1, 0.15) is 11.1 Å². The van der Waals surface area contributed by atoms with Crippen molar-refractivity contribution >= 4 is 21.6 Å². The second-order valence-electron chi connectivity index (χ2n) is 4.50. The van der Waals surface area contributed by atoms with Gasteiger partial charge >= 0.3 is 0 Å². The number of rotatable bonds is 6. The van der Waals surface area contributed by atoms with Gasteiger partial charge in [0.1, 0.15) is 12.4 Å². The van der Waals surface area contributed by atoms with Crippen LogP contribution >= 0.6 is 15.9 Å². The summed E-state index contributed by atoms with van der Waals surface area (Å²) < 4.78 is 6.28. The van der Waals surface area contributed by atoms with Crippen LogP contribution in [-0.4, -0.2) is 11.5 Å². The maximum Gasteiger partial charge on any atom is 0.277 e. The van der Waals surface area contributed by atoms with E-state index in [2.05, 4.69) is 15.9 Å². The summed E-state index contributed by atoms with van der Waals surface area (Å²) in [7, 11) is 0. The number of hydrogen-bond donors (Lipinski definition) is 1. The van der Waals surface area contributed by atoms with Gasteiger partial charge in [0.25, 0.3) is 5.69 Å². The molecule has 0 aliphatic carbocycles. The van der Waals surface area contributed by atoms with Gasteiger partial charge in [0, 0.05) is 10.5 Å². The molecule has 0 amide bonds. The van der Waals surface area contributed by atoms with Gasteiger partial charge in [0.05, 0.1) is 10.5 Å². The van der Waals surface area contributed by atoms with Gasteiger partial charge in [0.15, 0.2) is 0 Å². The smallest absolute Gasteiger partial charge is 0.277 e. The number of nitrogens with two attached hydrogens (primary N) is 1. The van der Waals surface area contributed by atoms with Crippen LogP contribution in [0.2, 0.25) is 0 Å². The van der Waals surface area contributed by atoms with Gasteiger partial charge in [-0.25, -0.2) is 0 Å². The van der Waals surface area contributed by atoms with Gasteiger partial charge in [-0.1, -0.05) is 28.1 Å². The fourth-order valence-electron chi connectivity index (χ4n) is 1.91. The van der Waals surface area contributed by atoms with E-state index < -0.39 is 4.92 Å². The largest absolute Gasteiger partial charge is 0.489 e. The molecule has 21 heavy (non-hydrogen) atoms. The van der Waals surface area contributed by atoms with Crippen molar-refractivity contribution in [1.82, 2.24) is 0 Å². The zero-order valence-electron chi connectivity index (χ0n) is 11.3. The van der Waals surface area contributed by atoms with Gasteiger partial charge < -0.3 is 10.5 Å². The fraction of sp³-hybridized carbons (Fsp3) is 0.200. The summed E-state index contributed by atoms with van der Waals surface area (Å²) in [5.41, 5.74) is 7.21. The summed E-state index contributed by atoms with van der Waals surface area (Å²) in [4.78, 5) is 10.6. The molecule has 5 nitrogen and oxygen atoms in total. The first-order valence-corrected chi connectivity index (χ1v) is 7.24. The van der Waals surface area contributed by atoms with E-state index in [1.165, 1.54) is 6.07 Å². The van der Waals surface area contributed by atoms with Crippen LogP contribution in [0.5, 0.6) is 5.75 Å². The summed E-state index contributed by atoms with van der Waals surface area (Å²) in [5.74, 6) is 0.674. The molecule has 0 aliphatic heterocycles. The quantitative estimate of drug-likeness (QED) is 0.639. The zero-order valence-corrected chi connectivity index (χ0v) is 12.9. The number of ether oxygens (including phenoxy) is 1. The molecule has 0 heterocycles. The maximum absolute atomic E-state index is 11.0. The molecule has 2 rings (SSSR count). The van der Waals surface area contributed by atoms with Crippen LogP contribution in [0.3, 0.4) is 0 Å². The van der Waals surface area contributed by atoms with Crippen LogP contribution < -0.4 is 10.5 Å². The fourth-order valence-corrected chi connectivity index (χ4v) is 2.26. The van der Waals surface area contributed by atoms with Crippen molar-refractivity contribution in [2.24, 2.45) is 5.73 Å². The molecular weight excluding hydrogens is 336 g/mol. The number of halogens is 1. The predicted octanol–water partition coefficient (Wildman–Crippen LogP) is 3.44. The van der Waals surface area contributed by atoms with Crippen molar-refractivity contribution in [2.75, 3.05) is 6.54 Å². The third kappa shape index (κ3) is 4.27. The number of hydrogen-bond acceptors (Lipinski definition) is 4. The van der Waals surface area contributed by atoms with Gasteiger partial charge in [-0.3, -0.25) is 10.1 Å². The Balaban J connectivity index is 2.07. The molecule has 0 saturated heterocycles. The molecule has 2 N–H and O–H groups in total. The molecule has 0 atom stereocenters. The lowest BCUT2D eigenvalue weighted by atomic mass is 10.1. The third-order valence-electron chi connectivity index (χ3n) is 2.99. The van der Waals surface area contributed by atoms with Crippen molar-refractivity contribution in [1.29, 1.82) is 0 Å². The van der Waals surface area contributed by atoms with Crippen molar-refractivity contribution < 1.29 is 9.66 Å². The molecule has 0 fully saturated rings. The topological polar surface area (TPSA) is 78.4 Å². The van der Waals surface area contributed by atoms with E-state index in [9.17, 15) is 10.1 Å². The highest BCUT2D eigenvalue weighted by Gasteiger charge is 2.14. The summed E-state index contributed by atoms with van der Waals surface area (Å²) >= 11 is 3.23. The molecule has 2 aromatic rings. The minimum atomic E-state index is -0.409. The van der Waals surface area contributed by atoms with Crippen LogP contribution in [0, 0.1) is 10.1 Å². The average Bonchev–Trinajstić information content (AvgIpc) is 2.47. The number of nitro benzene ring substituents is 1. The zero-order chi connectivity index (χ0) is 15.2. The predicted molar refractivity (Wildman–Crippen MR) is 84.3 cm³/mol. The van der Waals surface area contributed by atoms with E-state index in [-0.39, 0.29) is 12.3 Å². The minimum Gasteiger partial charge on any atom is -0.489 e. The van der Waals surface area contributed by atoms with Crippen LogP contribution in [0.15, 0.2) is 46.9 Å². The first kappa shape index (κ1) is 15.5. The van der Waals surface area contributed by atoms with Crippen LogP contribution in [0.4, 0.5) is 5.69 Å². The molecule has 0 unspecified atom stereocenters. The van der Waals surface area contributed by atoms with Crippen molar-refractivity contribution in [3.8, 4) is 5.75 Å². The van der Waals surface area contributed by atoms with Gasteiger partial charge in [-0.2, -0.15) is 0 Å². The monoisotopic (exact) mass is 350 g/mol. The first-order chi connectivity index (χ1) is 10.1. The molecule has 0 spiro atoms. The number of nitrogens with zero attached hydrogens (tertiary/aromatic N) is 1. The highest BCUT2D eigenvalue weighted by atomic mass is 79.9. The van der Waals surface area contributed by atoms with E-state index in [4.69, 9.17) is 10.5 Å². The molecule has 0 aliphatic rings. The molecule has 0 aromatic heterocycles. The van der Waals surface area contributed by atoms with Crippen molar-refractivity contribution in [3.63, 3.8) is 0 Å². The Morgan fingerprint density at radius 1 is 1.19 bits per heavy atom. The number of nitro groups is 1. The minimum absolute atomic E-state index is 0.0455. The van der Waals surface area contributed by atoms with Gasteiger partial charge in [-0.15, -0.1) is 0 Å². The highest BCUT2D eigenvalue weighted by Crippen LogP contribution is 2.25. The summed E-state index contributed by atoms with van der Waals surface area (Å²) in [5, 5.41) is 11.0. The Labute approximate surface area is 131 Å². The molecule has 110 valence electrons. The lowest BCUT2D eigenvalue weighted by Crippen LogP contribution is -2.03. The maximum atomic E-state index is 11.0. The van der Waals surface area contributed by atoms with Gasteiger partial charge in [-0.05, 0) is 42.8 Å². The second-order valence-corrected chi connectivity index (χ2v) is 5.42. The molecule has 0 saturated carbocycles. The Hall–Kier alpha value is -1.92. The van der Waals surface area contributed by atoms with Gasteiger partial charge in [0.2, 0.25) is 0 Å². The van der Waals surface area contributed by atoms with Crippen molar-refractivity contribution in [3.05, 3.63) is 68.2 Å². The Kier molecular flexibility index (Phi) is 5.30. The molecule has 2 aromatic carbocycles. The summed E-state index contributed by atoms with van der Waals surface area (Å²) in [6, 6.07) is 12.5. The SMILES string of the molecule is NCCc1ccc(OCc2ccc(Br)cc2[N+](=O)[O-])cc1. The normalized spacial score (nSPS) is 10.4. The van der Waals surface area contributed by atoms with E-state index >= 15 is 0 Å². The third-order valence-corrected chi connectivity index (χ3v) is 3.49. The Bertz CT molecular complexity index is 629. The summed E-state index contributed by atoms with van der Waals surface area (Å²) in [6.07, 6.45) is 0.818. The molecule has 0 radical (unpaired) electrons. The van der Waals surface area contributed by atoms with E-state index in [0.717, 1.165) is 12.0 Å². The standard InChI is InChI=1S/C15H15BrN2O3/c16-13-4-3-12(15(9-13)18(19)20)10-21-14-5-1-11(2-6-14)7-8-17/h1-6,9H,7-8,10,17H2. The summed E-state index contributed by atoms with van der Waals surface area (Å²) in [6.45, 7) is 0.755. The van der Waals surface area contributed by atoms with E-state index in [1.807, 2.05) is 24.3 Å². The lowest BCUT2D eigenvalue weighted by molar-refractivity contribution is -0.385.